The number of oxime groups is 1. The first-order chi connectivity index (χ1) is 9.24. The maximum absolute atomic E-state index is 8.96. The summed E-state index contributed by atoms with van der Waals surface area (Å²) in [7, 11) is 0. The molecule has 1 aromatic carbocycles. The van der Waals surface area contributed by atoms with Crippen molar-refractivity contribution < 1.29 is 9.84 Å². The van der Waals surface area contributed by atoms with Crippen molar-refractivity contribution >= 4 is 17.3 Å². The zero-order valence-electron chi connectivity index (χ0n) is 9.74. The lowest BCUT2D eigenvalue weighted by atomic mass is 10.1. The van der Waals surface area contributed by atoms with Gasteiger partial charge in [-0.1, -0.05) is 17.3 Å². The number of nitrogen functional groups attached to an aromatic ring is 1. The van der Waals surface area contributed by atoms with E-state index in [4.69, 9.17) is 16.2 Å². The minimum atomic E-state index is 0.00728. The standard InChI is InChI=1S/C11H10N6O2/c12-5-4-7-2-1-3-8(6-7)14-11(15-18)9-10(13)17-19-16-9/h1-3,6,18H,4H2,(H2,13,17)(H,14,15). The van der Waals surface area contributed by atoms with E-state index in [1.165, 1.54) is 0 Å². The number of hydrogen-bond acceptors (Lipinski definition) is 7. The van der Waals surface area contributed by atoms with Crippen molar-refractivity contribution in [2.75, 3.05) is 11.1 Å². The summed E-state index contributed by atoms with van der Waals surface area (Å²) in [5.74, 6) is 0.0151. The van der Waals surface area contributed by atoms with E-state index in [1.807, 2.05) is 6.07 Å². The van der Waals surface area contributed by atoms with Crippen LogP contribution in [0.5, 0.6) is 0 Å². The summed E-state index contributed by atoms with van der Waals surface area (Å²) in [5.41, 5.74) is 7.07. The molecule has 0 saturated carbocycles. The lowest BCUT2D eigenvalue weighted by Gasteiger charge is -2.06. The first-order valence-electron chi connectivity index (χ1n) is 5.28. The van der Waals surface area contributed by atoms with Gasteiger partial charge in [0.15, 0.2) is 11.5 Å². The fraction of sp³-hybridized carbons (Fsp3) is 0.0909. The molecule has 4 N–H and O–H groups in total. The Kier molecular flexibility index (Phi) is 3.59. The summed E-state index contributed by atoms with van der Waals surface area (Å²) in [6.45, 7) is 0. The highest BCUT2D eigenvalue weighted by atomic mass is 16.6. The first-order valence-corrected chi connectivity index (χ1v) is 5.28. The first kappa shape index (κ1) is 12.4. The second-order valence-corrected chi connectivity index (χ2v) is 3.61. The van der Waals surface area contributed by atoms with Crippen LogP contribution in [0.3, 0.4) is 0 Å². The quantitative estimate of drug-likeness (QED) is 0.323. The van der Waals surface area contributed by atoms with E-state index in [2.05, 4.69) is 31.5 Å². The SMILES string of the molecule is N#CCc1cccc(N/C(=N/O)c2nonc2N)c1. The van der Waals surface area contributed by atoms with Gasteiger partial charge in [0.2, 0.25) is 5.84 Å². The molecule has 0 aliphatic rings. The Hall–Kier alpha value is -3.08. The van der Waals surface area contributed by atoms with Gasteiger partial charge >= 0.3 is 0 Å². The average Bonchev–Trinajstić information content (AvgIpc) is 2.83. The molecular formula is C11H10N6O2. The Balaban J connectivity index is 2.23. The number of nitrogens with one attached hydrogen (secondary N) is 1. The Morgan fingerprint density at radius 1 is 1.53 bits per heavy atom. The predicted molar refractivity (Wildman–Crippen MR) is 66.4 cm³/mol. The van der Waals surface area contributed by atoms with E-state index in [1.54, 1.807) is 18.2 Å². The molecule has 96 valence electrons. The summed E-state index contributed by atoms with van der Waals surface area (Å²) in [5, 5.41) is 30.4. The fourth-order valence-electron chi connectivity index (χ4n) is 1.48. The third-order valence-electron chi connectivity index (χ3n) is 2.31. The topological polar surface area (TPSA) is 133 Å². The number of hydrogen-bond donors (Lipinski definition) is 3. The van der Waals surface area contributed by atoms with Crippen LogP contribution in [0.4, 0.5) is 11.5 Å². The molecule has 0 unspecified atom stereocenters. The number of nitrogens with zero attached hydrogens (tertiary/aromatic N) is 4. The molecule has 0 fully saturated rings. The molecule has 0 aliphatic heterocycles. The molecule has 2 rings (SSSR count). The van der Waals surface area contributed by atoms with Crippen LogP contribution in [-0.4, -0.2) is 21.4 Å². The van der Waals surface area contributed by atoms with Gasteiger partial charge in [0, 0.05) is 5.69 Å². The minimum Gasteiger partial charge on any atom is -0.409 e. The molecule has 0 amide bonds. The van der Waals surface area contributed by atoms with Crippen molar-refractivity contribution in [1.82, 2.24) is 10.3 Å². The molecule has 1 heterocycles. The summed E-state index contributed by atoms with van der Waals surface area (Å²) >= 11 is 0. The molecule has 8 heteroatoms. The van der Waals surface area contributed by atoms with Crippen LogP contribution in [0, 0.1) is 11.3 Å². The third kappa shape index (κ3) is 2.78. The summed E-state index contributed by atoms with van der Waals surface area (Å²) < 4.78 is 4.43. The zero-order valence-corrected chi connectivity index (χ0v) is 9.74. The van der Waals surface area contributed by atoms with Crippen molar-refractivity contribution in [1.29, 1.82) is 5.26 Å². The van der Waals surface area contributed by atoms with Crippen LogP contribution in [0.25, 0.3) is 0 Å². The lowest BCUT2D eigenvalue weighted by Crippen LogP contribution is -2.16. The van der Waals surface area contributed by atoms with Crippen LogP contribution in [0.1, 0.15) is 11.3 Å². The van der Waals surface area contributed by atoms with E-state index < -0.39 is 0 Å². The second kappa shape index (κ2) is 5.50. The van der Waals surface area contributed by atoms with Gasteiger partial charge in [-0.2, -0.15) is 5.26 Å². The van der Waals surface area contributed by atoms with Crippen molar-refractivity contribution in [3.63, 3.8) is 0 Å². The normalized spacial score (nSPS) is 11.0. The van der Waals surface area contributed by atoms with E-state index in [0.29, 0.717) is 5.69 Å². The molecule has 2 aromatic rings. The van der Waals surface area contributed by atoms with Gasteiger partial charge < -0.3 is 16.3 Å². The molecule has 8 nitrogen and oxygen atoms in total. The minimum absolute atomic E-state index is 0.00728. The Morgan fingerprint density at radius 3 is 3.00 bits per heavy atom. The van der Waals surface area contributed by atoms with Crippen LogP contribution in [0.15, 0.2) is 34.1 Å². The Morgan fingerprint density at radius 2 is 2.37 bits per heavy atom. The number of nitriles is 1. The van der Waals surface area contributed by atoms with Crippen molar-refractivity contribution in [3.8, 4) is 6.07 Å². The molecular weight excluding hydrogens is 248 g/mol. The van der Waals surface area contributed by atoms with Crippen LogP contribution >= 0.6 is 0 Å². The molecule has 0 bridgehead atoms. The van der Waals surface area contributed by atoms with Crippen molar-refractivity contribution in [3.05, 3.63) is 35.5 Å². The van der Waals surface area contributed by atoms with Crippen LogP contribution in [-0.2, 0) is 6.42 Å². The van der Waals surface area contributed by atoms with Crippen LogP contribution in [0.2, 0.25) is 0 Å². The number of amidine groups is 1. The highest BCUT2D eigenvalue weighted by molar-refractivity contribution is 6.09. The molecule has 0 atom stereocenters. The molecule has 0 radical (unpaired) electrons. The Labute approximate surface area is 108 Å². The van der Waals surface area contributed by atoms with Crippen molar-refractivity contribution in [2.45, 2.75) is 6.42 Å². The Bertz CT molecular complexity index is 643. The lowest BCUT2D eigenvalue weighted by molar-refractivity contribution is 0.305. The van der Waals surface area contributed by atoms with E-state index in [9.17, 15) is 0 Å². The van der Waals surface area contributed by atoms with Gasteiger partial charge in [-0.15, -0.1) is 0 Å². The van der Waals surface area contributed by atoms with Gasteiger partial charge in [-0.25, -0.2) is 4.63 Å². The largest absolute Gasteiger partial charge is 0.409 e. The smallest absolute Gasteiger partial charge is 0.203 e. The number of benzene rings is 1. The van der Waals surface area contributed by atoms with Crippen molar-refractivity contribution in [2.24, 2.45) is 5.16 Å². The summed E-state index contributed by atoms with van der Waals surface area (Å²) in [4.78, 5) is 0. The molecule has 0 aliphatic carbocycles. The number of rotatable bonds is 3. The predicted octanol–water partition coefficient (Wildman–Crippen LogP) is 0.966. The van der Waals surface area contributed by atoms with Gasteiger partial charge in [-0.05, 0) is 28.0 Å². The van der Waals surface area contributed by atoms with E-state index >= 15 is 0 Å². The second-order valence-electron chi connectivity index (χ2n) is 3.61. The third-order valence-corrected chi connectivity index (χ3v) is 2.31. The van der Waals surface area contributed by atoms with E-state index in [-0.39, 0.29) is 23.8 Å². The maximum Gasteiger partial charge on any atom is 0.203 e. The van der Waals surface area contributed by atoms with Crippen LogP contribution < -0.4 is 11.1 Å². The zero-order chi connectivity index (χ0) is 13.7. The van der Waals surface area contributed by atoms with Gasteiger partial charge in [0.1, 0.15) is 0 Å². The highest BCUT2D eigenvalue weighted by Gasteiger charge is 2.15. The maximum atomic E-state index is 8.96. The summed E-state index contributed by atoms with van der Waals surface area (Å²) in [6, 6.07) is 9.13. The molecule has 19 heavy (non-hydrogen) atoms. The summed E-state index contributed by atoms with van der Waals surface area (Å²) in [6.07, 6.45) is 0.286. The monoisotopic (exact) mass is 258 g/mol. The highest BCUT2D eigenvalue weighted by Crippen LogP contribution is 2.14. The molecule has 1 aromatic heterocycles. The molecule has 0 spiro atoms. The number of anilines is 2. The van der Waals surface area contributed by atoms with E-state index in [0.717, 1.165) is 5.56 Å². The van der Waals surface area contributed by atoms with Gasteiger partial charge in [-0.3, -0.25) is 0 Å². The number of aromatic nitrogens is 2. The van der Waals surface area contributed by atoms with Gasteiger partial charge in [0.25, 0.3) is 0 Å². The number of nitrogens with two attached hydrogens (primary N) is 1. The molecule has 0 saturated heterocycles. The average molecular weight is 258 g/mol. The fourth-order valence-corrected chi connectivity index (χ4v) is 1.48. The van der Waals surface area contributed by atoms with Gasteiger partial charge in [0.05, 0.1) is 12.5 Å².